The third-order valence-corrected chi connectivity index (χ3v) is 6.91. The first-order chi connectivity index (χ1) is 11.4. The molecule has 0 aromatic heterocycles. The second-order valence-electron chi connectivity index (χ2n) is 8.47. The zero-order valence-corrected chi connectivity index (χ0v) is 14.7. The fraction of sp³-hybridized carbons (Fsp3) is 0.632. The minimum Gasteiger partial charge on any atom is -0.404 e. The minimum absolute atomic E-state index is 0.150. The van der Waals surface area contributed by atoms with Crippen molar-refractivity contribution in [2.45, 2.75) is 57.7 Å². The largest absolute Gasteiger partial charge is 0.475 e. The Kier molecular flexibility index (Phi) is 3.58. The fourth-order valence-corrected chi connectivity index (χ4v) is 5.24. The Morgan fingerprint density at radius 3 is 2.79 bits per heavy atom. The van der Waals surface area contributed by atoms with Gasteiger partial charge in [-0.05, 0) is 55.1 Å². The molecule has 1 aliphatic heterocycles. The van der Waals surface area contributed by atoms with Crippen molar-refractivity contribution < 1.29 is 9.31 Å². The Labute approximate surface area is 144 Å². The number of rotatable bonds is 3. The molecule has 24 heavy (non-hydrogen) atoms. The average molecular weight is 324 g/mol. The number of nitrogens with two attached hydrogens (primary N) is 1. The predicted octanol–water partition coefficient (Wildman–Crippen LogP) is 2.70. The molecule has 2 bridgehead atoms. The van der Waals surface area contributed by atoms with Crippen LogP contribution in [0.15, 0.2) is 24.3 Å². The number of nitriles is 1. The normalized spacial score (nSPS) is 37.3. The molecule has 3 aliphatic carbocycles. The molecule has 1 aromatic carbocycles. The molecule has 3 saturated carbocycles. The summed E-state index contributed by atoms with van der Waals surface area (Å²) in [6.45, 7) is 6.91. The predicted molar refractivity (Wildman–Crippen MR) is 92.9 cm³/mol. The van der Waals surface area contributed by atoms with Gasteiger partial charge in [0.25, 0.3) is 0 Å². The second kappa shape index (κ2) is 5.32. The van der Waals surface area contributed by atoms with Gasteiger partial charge in [-0.3, -0.25) is 0 Å². The van der Waals surface area contributed by atoms with Gasteiger partial charge in [-0.15, -0.1) is 0 Å². The van der Waals surface area contributed by atoms with E-state index in [2.05, 4.69) is 26.8 Å². The van der Waals surface area contributed by atoms with Crippen LogP contribution in [0.1, 0.15) is 44.7 Å². The molecule has 126 valence electrons. The lowest BCUT2D eigenvalue weighted by molar-refractivity contribution is -0.199. The molecule has 0 radical (unpaired) electrons. The van der Waals surface area contributed by atoms with Crippen LogP contribution in [0.4, 0.5) is 0 Å². The maximum absolute atomic E-state index is 9.25. The van der Waals surface area contributed by atoms with Gasteiger partial charge in [0.2, 0.25) is 0 Å². The van der Waals surface area contributed by atoms with E-state index in [0.29, 0.717) is 23.3 Å². The van der Waals surface area contributed by atoms with Crippen molar-refractivity contribution in [2.75, 3.05) is 0 Å². The summed E-state index contributed by atoms with van der Waals surface area (Å²) in [5.74, 6) is 1.01. The van der Waals surface area contributed by atoms with Crippen LogP contribution in [-0.2, 0) is 15.7 Å². The van der Waals surface area contributed by atoms with E-state index < -0.39 is 0 Å². The molecule has 4 aliphatic rings. The molecule has 0 spiro atoms. The Balaban J connectivity index is 1.50. The lowest BCUT2D eigenvalue weighted by atomic mass is 9.43. The number of hydrogen-bond donors (Lipinski definition) is 1. The molecular weight excluding hydrogens is 299 g/mol. The Morgan fingerprint density at radius 2 is 2.08 bits per heavy atom. The highest BCUT2D eigenvalue weighted by Gasteiger charge is 2.68. The number of nitrogens with zero attached hydrogens (tertiary/aromatic N) is 1. The van der Waals surface area contributed by atoms with E-state index in [0.717, 1.165) is 17.9 Å². The zero-order valence-electron chi connectivity index (χ0n) is 14.7. The third kappa shape index (κ3) is 2.17. The summed E-state index contributed by atoms with van der Waals surface area (Å²) in [5, 5.41) is 9.25. The van der Waals surface area contributed by atoms with Crippen molar-refractivity contribution in [2.24, 2.45) is 23.0 Å². The van der Waals surface area contributed by atoms with Gasteiger partial charge in [-0.1, -0.05) is 32.0 Å². The summed E-state index contributed by atoms with van der Waals surface area (Å²) >= 11 is 0. The summed E-state index contributed by atoms with van der Waals surface area (Å²) in [6, 6.07) is 9.85. The van der Waals surface area contributed by atoms with Crippen molar-refractivity contribution in [1.82, 2.24) is 0 Å². The van der Waals surface area contributed by atoms with Crippen molar-refractivity contribution in [3.05, 3.63) is 35.4 Å². The summed E-state index contributed by atoms with van der Waals surface area (Å²) in [4.78, 5) is 0. The molecule has 5 heteroatoms. The van der Waals surface area contributed by atoms with Crippen molar-refractivity contribution in [1.29, 1.82) is 5.26 Å². The standard InChI is InChI=1S/C19H25BN2O2/c1-18(2)14-9-15(18)19(3)16(10-14)23-20(24-19)17(22)8-12-6-4-5-7-13(12)11-21/h4-7,14-17H,8-10,22H2,1-3H3/t14-,15-,16+,17?,19-/m0/s1. The van der Waals surface area contributed by atoms with Crippen molar-refractivity contribution in [3.63, 3.8) is 0 Å². The SMILES string of the molecule is CC1(C)[C@@H]2C[C@H]3OB(C(N)Cc4ccccc4C#N)O[C@@]3(C)[C@H]1C2. The molecule has 4 fully saturated rings. The highest BCUT2D eigenvalue weighted by atomic mass is 16.7. The summed E-state index contributed by atoms with van der Waals surface area (Å²) in [7, 11) is -0.387. The lowest BCUT2D eigenvalue weighted by Crippen LogP contribution is -2.65. The molecular formula is C19H25BN2O2. The van der Waals surface area contributed by atoms with Gasteiger partial charge < -0.3 is 15.0 Å². The maximum Gasteiger partial charge on any atom is 0.475 e. The van der Waals surface area contributed by atoms with E-state index in [9.17, 15) is 5.26 Å². The van der Waals surface area contributed by atoms with Gasteiger partial charge in [0.05, 0.1) is 23.3 Å². The van der Waals surface area contributed by atoms with Gasteiger partial charge in [0.1, 0.15) is 0 Å². The van der Waals surface area contributed by atoms with Gasteiger partial charge in [-0.25, -0.2) is 0 Å². The monoisotopic (exact) mass is 324 g/mol. The first-order valence-electron chi connectivity index (χ1n) is 8.93. The average Bonchev–Trinajstić information content (AvgIpc) is 2.92. The zero-order chi connectivity index (χ0) is 17.1. The van der Waals surface area contributed by atoms with Crippen molar-refractivity contribution >= 4 is 7.12 Å². The van der Waals surface area contributed by atoms with Crippen molar-refractivity contribution in [3.8, 4) is 6.07 Å². The van der Waals surface area contributed by atoms with Crippen LogP contribution in [0.3, 0.4) is 0 Å². The van der Waals surface area contributed by atoms with E-state index in [1.54, 1.807) is 0 Å². The minimum atomic E-state index is -0.387. The molecule has 0 amide bonds. The van der Waals surface area contributed by atoms with E-state index in [4.69, 9.17) is 15.0 Å². The smallest absolute Gasteiger partial charge is 0.404 e. The molecule has 1 heterocycles. The van der Waals surface area contributed by atoms with Crippen LogP contribution in [0.5, 0.6) is 0 Å². The van der Waals surface area contributed by atoms with Gasteiger partial charge in [0, 0.05) is 5.94 Å². The molecule has 5 atom stereocenters. The van der Waals surface area contributed by atoms with E-state index >= 15 is 0 Å². The van der Waals surface area contributed by atoms with Crippen LogP contribution in [0.25, 0.3) is 0 Å². The van der Waals surface area contributed by atoms with Gasteiger partial charge >= 0.3 is 7.12 Å². The molecule has 4 nitrogen and oxygen atoms in total. The first kappa shape index (κ1) is 16.1. The third-order valence-electron chi connectivity index (χ3n) is 6.91. The molecule has 2 N–H and O–H groups in total. The molecule has 1 unspecified atom stereocenters. The maximum atomic E-state index is 9.25. The van der Waals surface area contributed by atoms with Crippen LogP contribution >= 0.6 is 0 Å². The quantitative estimate of drug-likeness (QED) is 0.868. The molecule has 1 saturated heterocycles. The lowest BCUT2D eigenvalue weighted by Gasteiger charge is -2.64. The van der Waals surface area contributed by atoms with Gasteiger partial charge in [-0.2, -0.15) is 5.26 Å². The van der Waals surface area contributed by atoms with Gasteiger partial charge in [0.15, 0.2) is 0 Å². The Bertz CT molecular complexity index is 701. The highest BCUT2D eigenvalue weighted by molar-refractivity contribution is 6.47. The Morgan fingerprint density at radius 1 is 1.33 bits per heavy atom. The summed E-state index contributed by atoms with van der Waals surface area (Å²) in [5.41, 5.74) is 8.16. The van der Waals surface area contributed by atoms with Crippen LogP contribution in [-0.4, -0.2) is 24.8 Å². The highest BCUT2D eigenvalue weighted by Crippen LogP contribution is 2.65. The van der Waals surface area contributed by atoms with Crippen LogP contribution in [0.2, 0.25) is 0 Å². The number of hydrogen-bond acceptors (Lipinski definition) is 4. The van der Waals surface area contributed by atoms with E-state index in [1.165, 1.54) is 6.42 Å². The van der Waals surface area contributed by atoms with E-state index in [1.807, 2.05) is 24.3 Å². The second-order valence-corrected chi connectivity index (χ2v) is 8.47. The Hall–Kier alpha value is -1.35. The molecule has 5 rings (SSSR count). The topological polar surface area (TPSA) is 68.3 Å². The first-order valence-corrected chi connectivity index (χ1v) is 8.93. The molecule has 1 aromatic rings. The summed E-state index contributed by atoms with van der Waals surface area (Å²) in [6.07, 6.45) is 3.05. The van der Waals surface area contributed by atoms with Crippen LogP contribution in [0, 0.1) is 28.6 Å². The van der Waals surface area contributed by atoms with E-state index in [-0.39, 0.29) is 24.8 Å². The fourth-order valence-electron chi connectivity index (χ4n) is 5.24. The van der Waals surface area contributed by atoms with Crippen LogP contribution < -0.4 is 5.73 Å². The number of benzene rings is 1. The summed E-state index contributed by atoms with van der Waals surface area (Å²) < 4.78 is 12.7.